The number of amides is 1. The molecule has 1 N–H and O–H groups in total. The maximum Gasteiger partial charge on any atom is 0.254 e. The first kappa shape index (κ1) is 22.5. The van der Waals surface area contributed by atoms with Crippen molar-refractivity contribution in [3.63, 3.8) is 0 Å². The molecule has 8 heteroatoms. The van der Waals surface area contributed by atoms with Crippen LogP contribution in [0.25, 0.3) is 11.3 Å². The van der Waals surface area contributed by atoms with Crippen LogP contribution >= 0.6 is 0 Å². The Morgan fingerprint density at radius 3 is 2.43 bits per heavy atom. The van der Waals surface area contributed by atoms with Crippen LogP contribution in [0.2, 0.25) is 0 Å². The second-order valence-electron chi connectivity index (χ2n) is 8.55. The first-order valence-electron chi connectivity index (χ1n) is 11.7. The number of hydrogen-bond donors (Lipinski definition) is 1. The van der Waals surface area contributed by atoms with Gasteiger partial charge in [-0.3, -0.25) is 4.79 Å². The number of nitrogens with one attached hydrogen (secondary N) is 1. The predicted molar refractivity (Wildman–Crippen MR) is 137 cm³/mol. The number of carbonyl (C=O) groups excluding carboxylic acids is 1. The van der Waals surface area contributed by atoms with Crippen molar-refractivity contribution in [3.05, 3.63) is 90.1 Å². The van der Waals surface area contributed by atoms with Crippen molar-refractivity contribution in [3.8, 4) is 11.3 Å². The van der Waals surface area contributed by atoms with Gasteiger partial charge in [0.15, 0.2) is 0 Å². The van der Waals surface area contributed by atoms with E-state index >= 15 is 0 Å². The number of aromatic nitrogens is 4. The summed E-state index contributed by atoms with van der Waals surface area (Å²) in [5, 5.41) is 3.34. The third-order valence-electron chi connectivity index (χ3n) is 5.97. The Labute approximate surface area is 204 Å². The molecule has 2 aromatic heterocycles. The van der Waals surface area contributed by atoms with Crippen LogP contribution in [0.4, 0.5) is 17.3 Å². The first-order chi connectivity index (χ1) is 17.0. The molecule has 0 unspecified atom stereocenters. The van der Waals surface area contributed by atoms with Crippen molar-refractivity contribution < 1.29 is 4.79 Å². The van der Waals surface area contributed by atoms with E-state index < -0.39 is 0 Å². The lowest BCUT2D eigenvalue weighted by molar-refractivity contribution is 0.0746. The van der Waals surface area contributed by atoms with Crippen LogP contribution in [0.3, 0.4) is 0 Å². The Kier molecular flexibility index (Phi) is 6.34. The molecule has 0 radical (unpaired) electrons. The van der Waals surface area contributed by atoms with E-state index in [1.807, 2.05) is 85.5 Å². The Hall–Kier alpha value is -4.33. The van der Waals surface area contributed by atoms with E-state index in [4.69, 9.17) is 0 Å². The van der Waals surface area contributed by atoms with Gasteiger partial charge in [0.2, 0.25) is 0 Å². The zero-order valence-corrected chi connectivity index (χ0v) is 19.8. The molecule has 0 bridgehead atoms. The van der Waals surface area contributed by atoms with Crippen LogP contribution in [0, 0.1) is 13.8 Å². The minimum atomic E-state index is 0.0241. The number of rotatable bonds is 5. The highest BCUT2D eigenvalue weighted by atomic mass is 16.2. The average Bonchev–Trinajstić information content (AvgIpc) is 2.89. The van der Waals surface area contributed by atoms with Gasteiger partial charge in [0.1, 0.15) is 23.8 Å². The Morgan fingerprint density at radius 2 is 1.66 bits per heavy atom. The molecule has 35 heavy (non-hydrogen) atoms. The molecule has 0 aliphatic carbocycles. The Balaban J connectivity index is 1.27. The minimum Gasteiger partial charge on any atom is -0.353 e. The standard InChI is InChI=1S/C27H27N7O/c1-19-15-26(29-18-28-19)33-11-13-34(14-12-33)27(35)22-9-6-10-23(16-22)32-25-17-24(30-20(2)31-25)21-7-4-3-5-8-21/h3-10,15-18H,11-14H2,1-2H3,(H,30,31,32). The highest BCUT2D eigenvalue weighted by Crippen LogP contribution is 2.23. The lowest BCUT2D eigenvalue weighted by Crippen LogP contribution is -2.49. The molecule has 0 spiro atoms. The summed E-state index contributed by atoms with van der Waals surface area (Å²) in [4.78, 5) is 34.9. The summed E-state index contributed by atoms with van der Waals surface area (Å²) in [7, 11) is 0. The summed E-state index contributed by atoms with van der Waals surface area (Å²) in [5.41, 5.74) is 4.27. The number of benzene rings is 2. The Morgan fingerprint density at radius 1 is 0.857 bits per heavy atom. The Bertz CT molecular complexity index is 1330. The van der Waals surface area contributed by atoms with Gasteiger partial charge in [-0.25, -0.2) is 19.9 Å². The maximum atomic E-state index is 13.2. The van der Waals surface area contributed by atoms with E-state index in [1.54, 1.807) is 6.33 Å². The number of hydrogen-bond acceptors (Lipinski definition) is 7. The molecule has 1 aliphatic rings. The molecule has 176 valence electrons. The predicted octanol–water partition coefficient (Wildman–Crippen LogP) is 4.26. The molecule has 8 nitrogen and oxygen atoms in total. The topological polar surface area (TPSA) is 87.1 Å². The lowest BCUT2D eigenvalue weighted by atomic mass is 10.1. The van der Waals surface area contributed by atoms with E-state index in [1.165, 1.54) is 0 Å². The molecule has 1 amide bonds. The van der Waals surface area contributed by atoms with Crippen molar-refractivity contribution in [1.82, 2.24) is 24.8 Å². The number of carbonyl (C=O) groups is 1. The lowest BCUT2D eigenvalue weighted by Gasteiger charge is -2.35. The van der Waals surface area contributed by atoms with Gasteiger partial charge in [-0.2, -0.15) is 0 Å². The van der Waals surface area contributed by atoms with Crippen molar-refractivity contribution >= 4 is 23.2 Å². The van der Waals surface area contributed by atoms with Crippen LogP contribution in [0.5, 0.6) is 0 Å². The molecule has 4 aromatic rings. The van der Waals surface area contributed by atoms with Crippen molar-refractivity contribution in [2.45, 2.75) is 13.8 Å². The largest absolute Gasteiger partial charge is 0.353 e. The monoisotopic (exact) mass is 465 g/mol. The van der Waals surface area contributed by atoms with Gasteiger partial charge >= 0.3 is 0 Å². The second kappa shape index (κ2) is 9.89. The summed E-state index contributed by atoms with van der Waals surface area (Å²) in [5.74, 6) is 2.30. The average molecular weight is 466 g/mol. The molecule has 2 aromatic carbocycles. The highest BCUT2D eigenvalue weighted by molar-refractivity contribution is 5.95. The molecular formula is C27H27N7O. The summed E-state index contributed by atoms with van der Waals surface area (Å²) < 4.78 is 0. The molecule has 5 rings (SSSR count). The van der Waals surface area contributed by atoms with Crippen LogP contribution in [-0.4, -0.2) is 56.9 Å². The summed E-state index contributed by atoms with van der Waals surface area (Å²) in [6.07, 6.45) is 1.59. The smallest absolute Gasteiger partial charge is 0.254 e. The van der Waals surface area contributed by atoms with Crippen molar-refractivity contribution in [1.29, 1.82) is 0 Å². The first-order valence-corrected chi connectivity index (χ1v) is 11.7. The quantitative estimate of drug-likeness (QED) is 0.471. The highest BCUT2D eigenvalue weighted by Gasteiger charge is 2.23. The van der Waals surface area contributed by atoms with E-state index in [9.17, 15) is 4.79 Å². The number of nitrogens with zero attached hydrogens (tertiary/aromatic N) is 6. The van der Waals surface area contributed by atoms with E-state index in [0.29, 0.717) is 30.3 Å². The van der Waals surface area contributed by atoms with Crippen molar-refractivity contribution in [2.75, 3.05) is 36.4 Å². The minimum absolute atomic E-state index is 0.0241. The van der Waals surface area contributed by atoms with E-state index in [0.717, 1.165) is 41.5 Å². The number of piperazine rings is 1. The summed E-state index contributed by atoms with van der Waals surface area (Å²) in [6, 6.07) is 21.5. The van der Waals surface area contributed by atoms with Crippen LogP contribution in [-0.2, 0) is 0 Å². The fourth-order valence-electron chi connectivity index (χ4n) is 4.20. The molecule has 3 heterocycles. The van der Waals surface area contributed by atoms with E-state index in [2.05, 4.69) is 30.2 Å². The number of anilines is 3. The molecule has 1 saturated heterocycles. The van der Waals surface area contributed by atoms with Gasteiger partial charge in [0.05, 0.1) is 5.69 Å². The molecule has 0 atom stereocenters. The molecule has 1 aliphatic heterocycles. The fraction of sp³-hybridized carbons (Fsp3) is 0.222. The van der Waals surface area contributed by atoms with Gasteiger partial charge in [0.25, 0.3) is 5.91 Å². The van der Waals surface area contributed by atoms with E-state index in [-0.39, 0.29) is 5.91 Å². The van der Waals surface area contributed by atoms with Gasteiger partial charge < -0.3 is 15.1 Å². The molecule has 0 saturated carbocycles. The maximum absolute atomic E-state index is 13.2. The SMILES string of the molecule is Cc1cc(N2CCN(C(=O)c3cccc(Nc4cc(-c5ccccc5)nc(C)n4)c3)CC2)ncn1. The summed E-state index contributed by atoms with van der Waals surface area (Å²) in [6.45, 7) is 6.60. The summed E-state index contributed by atoms with van der Waals surface area (Å²) >= 11 is 0. The molecule has 1 fully saturated rings. The van der Waals surface area contributed by atoms with Crippen LogP contribution in [0.15, 0.2) is 73.1 Å². The van der Waals surface area contributed by atoms with Crippen LogP contribution < -0.4 is 10.2 Å². The third kappa shape index (κ3) is 5.27. The van der Waals surface area contributed by atoms with Gasteiger partial charge in [0, 0.05) is 60.8 Å². The zero-order chi connectivity index (χ0) is 24.2. The van der Waals surface area contributed by atoms with Gasteiger partial charge in [-0.05, 0) is 32.0 Å². The molecular weight excluding hydrogens is 438 g/mol. The van der Waals surface area contributed by atoms with Gasteiger partial charge in [-0.15, -0.1) is 0 Å². The van der Waals surface area contributed by atoms with Gasteiger partial charge in [-0.1, -0.05) is 36.4 Å². The normalized spacial score (nSPS) is 13.5. The van der Waals surface area contributed by atoms with Crippen LogP contribution in [0.1, 0.15) is 21.9 Å². The van der Waals surface area contributed by atoms with Crippen molar-refractivity contribution in [2.24, 2.45) is 0 Å². The fourth-order valence-corrected chi connectivity index (χ4v) is 4.20. The second-order valence-corrected chi connectivity index (χ2v) is 8.55. The number of aryl methyl sites for hydroxylation is 2. The third-order valence-corrected chi connectivity index (χ3v) is 5.97. The zero-order valence-electron chi connectivity index (χ0n) is 19.8.